The summed E-state index contributed by atoms with van der Waals surface area (Å²) < 4.78 is 114. The van der Waals surface area contributed by atoms with Crippen molar-refractivity contribution in [1.29, 1.82) is 0 Å². The number of aromatic nitrogens is 2. The quantitative estimate of drug-likeness (QED) is 0.320. The second-order valence-corrected chi connectivity index (χ2v) is 9.50. The van der Waals surface area contributed by atoms with Crippen molar-refractivity contribution in [3.05, 3.63) is 86.3 Å². The summed E-state index contributed by atoms with van der Waals surface area (Å²) in [6.45, 7) is 0.984. The van der Waals surface area contributed by atoms with Crippen LogP contribution >= 0.6 is 0 Å². The van der Waals surface area contributed by atoms with Gasteiger partial charge in [-0.3, -0.25) is 9.59 Å². The Bertz CT molecular complexity index is 1480. The molecule has 1 aliphatic carbocycles. The fourth-order valence-corrected chi connectivity index (χ4v) is 4.33. The molecule has 1 fully saturated rings. The van der Waals surface area contributed by atoms with Gasteiger partial charge in [-0.15, -0.1) is 0 Å². The summed E-state index contributed by atoms with van der Waals surface area (Å²) in [5.41, 5.74) is -4.88. The number of carbonyl (C=O) groups excluding carboxylic acids is 1. The standard InChI is InChI=1S/C27H23F8N3O3/c1-2-19-22(29)25(40)38-23(37-19)20-18(27(33,34)35)8-5-14(21(20)28)11-36-24(39)15-9-17(10-15)41-12-13-3-6-16(7-4-13)26(30,31)32/h3-8,15,17H,2,9-12H2,1H3,(H,36,39)(H,37,38,40)/t15-,17-. The first-order valence-corrected chi connectivity index (χ1v) is 12.4. The number of hydrogen-bond donors (Lipinski definition) is 2. The van der Waals surface area contributed by atoms with E-state index in [0.717, 1.165) is 18.2 Å². The molecule has 2 N–H and O–H groups in total. The van der Waals surface area contributed by atoms with Crippen molar-refractivity contribution >= 4 is 5.91 Å². The third kappa shape index (κ3) is 6.75. The summed E-state index contributed by atoms with van der Waals surface area (Å²) in [5, 5.41) is 2.46. The molecule has 1 heterocycles. The lowest BCUT2D eigenvalue weighted by molar-refractivity contribution is -0.138. The van der Waals surface area contributed by atoms with Crippen LogP contribution < -0.4 is 10.9 Å². The minimum atomic E-state index is -5.03. The van der Waals surface area contributed by atoms with Crippen LogP contribution in [0.3, 0.4) is 0 Å². The van der Waals surface area contributed by atoms with Crippen LogP contribution in [0.1, 0.15) is 47.7 Å². The largest absolute Gasteiger partial charge is 0.417 e. The molecule has 14 heteroatoms. The van der Waals surface area contributed by atoms with Crippen LogP contribution in [0, 0.1) is 17.6 Å². The number of H-pyrrole nitrogens is 1. The number of benzene rings is 2. The zero-order valence-electron chi connectivity index (χ0n) is 21.4. The van der Waals surface area contributed by atoms with Crippen molar-refractivity contribution in [2.24, 2.45) is 5.92 Å². The number of nitrogens with one attached hydrogen (secondary N) is 2. The van der Waals surface area contributed by atoms with Crippen LogP contribution in [-0.4, -0.2) is 22.0 Å². The molecule has 0 unspecified atom stereocenters. The topological polar surface area (TPSA) is 84.1 Å². The van der Waals surface area contributed by atoms with Gasteiger partial charge in [0, 0.05) is 18.0 Å². The van der Waals surface area contributed by atoms with Gasteiger partial charge in [0.1, 0.15) is 11.6 Å². The van der Waals surface area contributed by atoms with Crippen LogP contribution in [0.4, 0.5) is 35.1 Å². The first-order valence-electron chi connectivity index (χ1n) is 12.4. The van der Waals surface area contributed by atoms with Crippen molar-refractivity contribution in [2.75, 3.05) is 0 Å². The van der Waals surface area contributed by atoms with Gasteiger partial charge in [-0.25, -0.2) is 9.37 Å². The van der Waals surface area contributed by atoms with E-state index in [0.29, 0.717) is 11.6 Å². The van der Waals surface area contributed by atoms with Gasteiger partial charge in [0.15, 0.2) is 0 Å². The number of hydrogen-bond acceptors (Lipinski definition) is 4. The van der Waals surface area contributed by atoms with Crippen LogP contribution in [0.25, 0.3) is 11.4 Å². The molecule has 6 nitrogen and oxygen atoms in total. The molecule has 3 aromatic rings. The highest BCUT2D eigenvalue weighted by atomic mass is 19.4. The Labute approximate surface area is 227 Å². The van der Waals surface area contributed by atoms with Crippen LogP contribution in [-0.2, 0) is 41.5 Å². The Morgan fingerprint density at radius 2 is 1.66 bits per heavy atom. The molecule has 1 saturated carbocycles. The molecule has 4 rings (SSSR count). The van der Waals surface area contributed by atoms with E-state index < -0.39 is 76.1 Å². The Morgan fingerprint density at radius 3 is 2.24 bits per heavy atom. The van der Waals surface area contributed by atoms with Gasteiger partial charge < -0.3 is 15.0 Å². The summed E-state index contributed by atoms with van der Waals surface area (Å²) in [5.74, 6) is -4.48. The number of rotatable bonds is 8. The molecule has 0 saturated heterocycles. The van der Waals surface area contributed by atoms with Crippen molar-refractivity contribution in [3.63, 3.8) is 0 Å². The molecule has 1 aliphatic rings. The highest BCUT2D eigenvalue weighted by Crippen LogP contribution is 2.39. The molecule has 0 bridgehead atoms. The zero-order chi connectivity index (χ0) is 30.1. The number of alkyl halides is 6. The summed E-state index contributed by atoms with van der Waals surface area (Å²) in [7, 11) is 0. The lowest BCUT2D eigenvalue weighted by Crippen LogP contribution is -2.42. The SMILES string of the molecule is CCc1nc(-c2c(C(F)(F)F)ccc(CNC(=O)[C@H]3C[C@H](OCc4ccc(C(F)(F)F)cc4)C3)c2F)[nH]c(=O)c1F. The number of nitrogens with zero attached hydrogens (tertiary/aromatic N) is 1. The maximum Gasteiger partial charge on any atom is 0.417 e. The van der Waals surface area contributed by atoms with Gasteiger partial charge in [0.05, 0.1) is 35.1 Å². The highest BCUT2D eigenvalue weighted by molar-refractivity contribution is 5.79. The van der Waals surface area contributed by atoms with Gasteiger partial charge in [-0.1, -0.05) is 25.1 Å². The number of ether oxygens (including phenoxy) is 1. The molecule has 0 aliphatic heterocycles. The molecular weight excluding hydrogens is 566 g/mol. The third-order valence-corrected chi connectivity index (χ3v) is 6.72. The molecule has 41 heavy (non-hydrogen) atoms. The smallest absolute Gasteiger partial charge is 0.373 e. The second-order valence-electron chi connectivity index (χ2n) is 9.50. The van der Waals surface area contributed by atoms with E-state index >= 15 is 4.39 Å². The second kappa shape index (κ2) is 11.6. The average molecular weight is 589 g/mol. The zero-order valence-corrected chi connectivity index (χ0v) is 21.4. The van der Waals surface area contributed by atoms with Gasteiger partial charge in [-0.05, 0) is 43.0 Å². The first-order chi connectivity index (χ1) is 19.2. The van der Waals surface area contributed by atoms with Crippen molar-refractivity contribution in [2.45, 2.75) is 57.8 Å². The maximum atomic E-state index is 15.4. The molecule has 0 atom stereocenters. The molecule has 0 radical (unpaired) electrons. The Kier molecular flexibility index (Phi) is 8.52. The minimum absolute atomic E-state index is 0.0376. The average Bonchev–Trinajstić information content (AvgIpc) is 2.87. The van der Waals surface area contributed by atoms with E-state index in [-0.39, 0.29) is 37.5 Å². The van der Waals surface area contributed by atoms with E-state index in [1.807, 2.05) is 4.98 Å². The fourth-order valence-electron chi connectivity index (χ4n) is 4.33. The first kappa shape index (κ1) is 30.2. The molecule has 2 aromatic carbocycles. The van der Waals surface area contributed by atoms with E-state index in [1.165, 1.54) is 19.1 Å². The number of carbonyl (C=O) groups is 1. The van der Waals surface area contributed by atoms with Crippen LogP contribution in [0.15, 0.2) is 41.2 Å². The Hall–Kier alpha value is -3.81. The molecule has 220 valence electrons. The van der Waals surface area contributed by atoms with Gasteiger partial charge in [-0.2, -0.15) is 30.7 Å². The molecular formula is C27H23F8N3O3. The number of aryl methyl sites for hydroxylation is 1. The predicted octanol–water partition coefficient (Wildman–Crippen LogP) is 5.93. The Balaban J connectivity index is 1.40. The summed E-state index contributed by atoms with van der Waals surface area (Å²) in [4.78, 5) is 30.0. The fraction of sp³-hybridized carbons (Fsp3) is 0.370. The van der Waals surface area contributed by atoms with Crippen LogP contribution in [0.5, 0.6) is 0 Å². The van der Waals surface area contributed by atoms with Gasteiger partial charge in [0.25, 0.3) is 5.56 Å². The molecule has 1 amide bonds. The molecule has 1 aromatic heterocycles. The maximum absolute atomic E-state index is 15.4. The Morgan fingerprint density at radius 1 is 1.00 bits per heavy atom. The minimum Gasteiger partial charge on any atom is -0.373 e. The monoisotopic (exact) mass is 589 g/mol. The van der Waals surface area contributed by atoms with Gasteiger partial charge >= 0.3 is 12.4 Å². The number of amides is 1. The van der Waals surface area contributed by atoms with Crippen molar-refractivity contribution in [1.82, 2.24) is 15.3 Å². The predicted molar refractivity (Wildman–Crippen MR) is 129 cm³/mol. The highest BCUT2D eigenvalue weighted by Gasteiger charge is 2.38. The van der Waals surface area contributed by atoms with E-state index in [4.69, 9.17) is 4.74 Å². The lowest BCUT2D eigenvalue weighted by atomic mass is 9.81. The van der Waals surface area contributed by atoms with E-state index in [9.17, 15) is 40.3 Å². The summed E-state index contributed by atoms with van der Waals surface area (Å²) >= 11 is 0. The normalized spacial score (nSPS) is 17.3. The van der Waals surface area contributed by atoms with E-state index in [1.54, 1.807) is 0 Å². The lowest BCUT2D eigenvalue weighted by Gasteiger charge is -2.34. The van der Waals surface area contributed by atoms with E-state index in [2.05, 4.69) is 10.3 Å². The van der Waals surface area contributed by atoms with Crippen molar-refractivity contribution in [3.8, 4) is 11.4 Å². The summed E-state index contributed by atoms with van der Waals surface area (Å²) in [6.07, 6.45) is -9.37. The third-order valence-electron chi connectivity index (χ3n) is 6.72. The van der Waals surface area contributed by atoms with Crippen molar-refractivity contribution < 1.29 is 44.7 Å². The van der Waals surface area contributed by atoms with Crippen LogP contribution in [0.2, 0.25) is 0 Å². The number of halogens is 8. The molecule has 0 spiro atoms. The van der Waals surface area contributed by atoms with Gasteiger partial charge in [0.2, 0.25) is 11.7 Å². The summed E-state index contributed by atoms with van der Waals surface area (Å²) in [6, 6.07) is 5.89. The number of aromatic amines is 1.